The van der Waals surface area contributed by atoms with Gasteiger partial charge in [0.2, 0.25) is 5.43 Å². The van der Waals surface area contributed by atoms with Crippen LogP contribution in [0.3, 0.4) is 0 Å². The Morgan fingerprint density at radius 1 is 1.07 bits per heavy atom. The molecule has 0 aliphatic heterocycles. The molecule has 0 bridgehead atoms. The summed E-state index contributed by atoms with van der Waals surface area (Å²) in [6.07, 6.45) is 1.25. The highest BCUT2D eigenvalue weighted by Gasteiger charge is 2.20. The summed E-state index contributed by atoms with van der Waals surface area (Å²) in [7, 11) is 0. The minimum atomic E-state index is -0.862. The first-order valence-corrected chi connectivity index (χ1v) is 8.16. The van der Waals surface area contributed by atoms with E-state index in [1.54, 1.807) is 6.92 Å². The van der Waals surface area contributed by atoms with Crippen LogP contribution in [-0.4, -0.2) is 22.9 Å². The number of pyridine rings is 1. The number of aromatic nitrogens is 1. The number of rotatable bonds is 4. The number of Topliss-reactive ketones (excluding diaryl/α,β-unsaturated/α-hetero) is 1. The molecule has 1 aromatic heterocycles. The van der Waals surface area contributed by atoms with Gasteiger partial charge in [-0.1, -0.05) is 0 Å². The summed E-state index contributed by atoms with van der Waals surface area (Å²) < 4.78 is 33.9. The van der Waals surface area contributed by atoms with Crippen molar-refractivity contribution in [2.24, 2.45) is 0 Å². The number of ketones is 1. The fraction of sp³-hybridized carbons (Fsp3) is 0.150. The van der Waals surface area contributed by atoms with E-state index in [0.717, 1.165) is 6.07 Å². The van der Waals surface area contributed by atoms with Crippen molar-refractivity contribution in [3.8, 4) is 5.69 Å². The second-order valence-corrected chi connectivity index (χ2v) is 5.84. The molecule has 0 saturated carbocycles. The average Bonchev–Trinajstić information content (AvgIpc) is 2.63. The number of fused-ring (bicyclic) bond motifs is 1. The summed E-state index contributed by atoms with van der Waals surface area (Å²) in [6.45, 7) is 2.86. The maximum absolute atomic E-state index is 14.3. The predicted molar refractivity (Wildman–Crippen MR) is 95.4 cm³/mol. The SMILES string of the molecule is CCOC(=O)c1cn(-c2ccc(F)cc2)c2cc(C(C)=O)c(F)cc2c1=O. The molecule has 0 saturated heterocycles. The Bertz CT molecular complexity index is 1120. The summed E-state index contributed by atoms with van der Waals surface area (Å²) in [5.41, 5.74) is -0.555. The molecule has 0 radical (unpaired) electrons. The molecule has 0 N–H and O–H groups in total. The van der Waals surface area contributed by atoms with E-state index in [2.05, 4.69) is 0 Å². The van der Waals surface area contributed by atoms with Gasteiger partial charge in [-0.25, -0.2) is 13.6 Å². The van der Waals surface area contributed by atoms with Crippen LogP contribution in [0.15, 0.2) is 47.4 Å². The van der Waals surface area contributed by atoms with E-state index in [1.165, 1.54) is 48.0 Å². The molecule has 0 spiro atoms. The topological polar surface area (TPSA) is 65.4 Å². The molecule has 0 atom stereocenters. The first-order chi connectivity index (χ1) is 12.8. The maximum atomic E-state index is 14.3. The van der Waals surface area contributed by atoms with Crippen molar-refractivity contribution in [2.75, 3.05) is 6.61 Å². The first kappa shape index (κ1) is 18.4. The molecule has 138 valence electrons. The quantitative estimate of drug-likeness (QED) is 0.519. The highest BCUT2D eigenvalue weighted by molar-refractivity contribution is 6.00. The molecule has 7 heteroatoms. The molecule has 3 rings (SSSR count). The highest BCUT2D eigenvalue weighted by atomic mass is 19.1. The maximum Gasteiger partial charge on any atom is 0.343 e. The van der Waals surface area contributed by atoms with Crippen LogP contribution in [0.4, 0.5) is 8.78 Å². The zero-order chi connectivity index (χ0) is 19.7. The zero-order valence-electron chi connectivity index (χ0n) is 14.6. The monoisotopic (exact) mass is 371 g/mol. The molecule has 0 aliphatic rings. The van der Waals surface area contributed by atoms with Crippen LogP contribution in [-0.2, 0) is 4.74 Å². The van der Waals surface area contributed by atoms with Crippen LogP contribution in [0, 0.1) is 11.6 Å². The summed E-state index contributed by atoms with van der Waals surface area (Å²) >= 11 is 0. The van der Waals surface area contributed by atoms with Crippen LogP contribution in [0.1, 0.15) is 34.6 Å². The van der Waals surface area contributed by atoms with E-state index in [0.29, 0.717) is 5.69 Å². The molecule has 0 amide bonds. The first-order valence-electron chi connectivity index (χ1n) is 8.16. The van der Waals surface area contributed by atoms with Gasteiger partial charge in [0, 0.05) is 17.3 Å². The molecule has 5 nitrogen and oxygen atoms in total. The number of esters is 1. The Hall–Kier alpha value is -3.35. The third-order valence-electron chi connectivity index (χ3n) is 4.07. The van der Waals surface area contributed by atoms with Crippen LogP contribution in [0.2, 0.25) is 0 Å². The summed E-state index contributed by atoms with van der Waals surface area (Å²) in [6, 6.07) is 7.46. The Morgan fingerprint density at radius 3 is 2.33 bits per heavy atom. The molecule has 0 aliphatic carbocycles. The van der Waals surface area contributed by atoms with E-state index in [1.807, 2.05) is 0 Å². The van der Waals surface area contributed by atoms with Gasteiger partial charge in [-0.05, 0) is 50.2 Å². The number of nitrogens with zero attached hydrogens (tertiary/aromatic N) is 1. The number of benzene rings is 2. The summed E-state index contributed by atoms with van der Waals surface area (Å²) in [5.74, 6) is -2.69. The van der Waals surface area contributed by atoms with Gasteiger partial charge in [-0.15, -0.1) is 0 Å². The van der Waals surface area contributed by atoms with E-state index in [4.69, 9.17) is 4.74 Å². The van der Waals surface area contributed by atoms with E-state index >= 15 is 0 Å². The number of hydrogen-bond acceptors (Lipinski definition) is 4. The lowest BCUT2D eigenvalue weighted by molar-refractivity contribution is 0.0524. The average molecular weight is 371 g/mol. The van der Waals surface area contributed by atoms with E-state index in [-0.39, 0.29) is 28.6 Å². The zero-order valence-corrected chi connectivity index (χ0v) is 14.6. The van der Waals surface area contributed by atoms with Gasteiger partial charge in [0.15, 0.2) is 5.78 Å². The Labute approximate surface area is 152 Å². The van der Waals surface area contributed by atoms with E-state index in [9.17, 15) is 23.2 Å². The Balaban J connectivity index is 2.42. The van der Waals surface area contributed by atoms with Crippen molar-refractivity contribution in [2.45, 2.75) is 13.8 Å². The largest absolute Gasteiger partial charge is 0.462 e. The Kier molecular flexibility index (Phi) is 4.85. The van der Waals surface area contributed by atoms with Crippen molar-refractivity contribution in [1.82, 2.24) is 4.57 Å². The molecular weight excluding hydrogens is 356 g/mol. The fourth-order valence-corrected chi connectivity index (χ4v) is 2.78. The second kappa shape index (κ2) is 7.11. The van der Waals surface area contributed by atoms with Gasteiger partial charge in [-0.3, -0.25) is 9.59 Å². The smallest absolute Gasteiger partial charge is 0.343 e. The van der Waals surface area contributed by atoms with Gasteiger partial charge < -0.3 is 9.30 Å². The fourth-order valence-electron chi connectivity index (χ4n) is 2.78. The molecule has 27 heavy (non-hydrogen) atoms. The van der Waals surface area contributed by atoms with Gasteiger partial charge in [-0.2, -0.15) is 0 Å². The van der Waals surface area contributed by atoms with Gasteiger partial charge in [0.1, 0.15) is 17.2 Å². The number of halogens is 2. The predicted octanol–water partition coefficient (Wildman–Crippen LogP) is 3.65. The van der Waals surface area contributed by atoms with Crippen LogP contribution in [0.25, 0.3) is 16.6 Å². The molecule has 3 aromatic rings. The lowest BCUT2D eigenvalue weighted by Crippen LogP contribution is -2.21. The van der Waals surface area contributed by atoms with Crippen molar-refractivity contribution in [1.29, 1.82) is 0 Å². The normalized spacial score (nSPS) is 10.8. The summed E-state index contributed by atoms with van der Waals surface area (Å²) in [5, 5.41) is -0.0904. The van der Waals surface area contributed by atoms with Crippen LogP contribution >= 0.6 is 0 Å². The van der Waals surface area contributed by atoms with Gasteiger partial charge in [0.05, 0.1) is 17.7 Å². The number of ether oxygens (including phenoxy) is 1. The minimum Gasteiger partial charge on any atom is -0.462 e. The third kappa shape index (κ3) is 3.36. The number of hydrogen-bond donors (Lipinski definition) is 0. The molecule has 2 aromatic carbocycles. The number of carbonyl (C=O) groups is 2. The van der Waals surface area contributed by atoms with Crippen LogP contribution < -0.4 is 5.43 Å². The van der Waals surface area contributed by atoms with E-state index < -0.39 is 28.8 Å². The van der Waals surface area contributed by atoms with Crippen molar-refractivity contribution in [3.63, 3.8) is 0 Å². The lowest BCUT2D eigenvalue weighted by atomic mass is 10.0. The number of carbonyl (C=O) groups excluding carboxylic acids is 2. The standard InChI is InChI=1S/C20H15F2NO4/c1-3-27-20(26)16-10-23(13-6-4-12(21)5-7-13)18-9-14(11(2)24)17(22)8-15(18)19(16)25/h4-10H,3H2,1-2H3. The second-order valence-electron chi connectivity index (χ2n) is 5.84. The summed E-state index contributed by atoms with van der Waals surface area (Å²) in [4.78, 5) is 36.6. The highest BCUT2D eigenvalue weighted by Crippen LogP contribution is 2.22. The molecular formula is C20H15F2NO4. The molecule has 1 heterocycles. The molecule has 0 unspecified atom stereocenters. The van der Waals surface area contributed by atoms with Crippen molar-refractivity contribution < 1.29 is 23.1 Å². The minimum absolute atomic E-state index is 0.0600. The van der Waals surface area contributed by atoms with Crippen LogP contribution in [0.5, 0.6) is 0 Å². The van der Waals surface area contributed by atoms with Gasteiger partial charge >= 0.3 is 5.97 Å². The lowest BCUT2D eigenvalue weighted by Gasteiger charge is -2.14. The van der Waals surface area contributed by atoms with Crippen molar-refractivity contribution >= 4 is 22.7 Å². The Morgan fingerprint density at radius 2 is 1.74 bits per heavy atom. The van der Waals surface area contributed by atoms with Crippen molar-refractivity contribution in [3.05, 3.63) is 75.6 Å². The third-order valence-corrected chi connectivity index (χ3v) is 4.07. The van der Waals surface area contributed by atoms with Gasteiger partial charge in [0.25, 0.3) is 0 Å². The molecule has 0 fully saturated rings.